The van der Waals surface area contributed by atoms with E-state index in [9.17, 15) is 8.42 Å². The van der Waals surface area contributed by atoms with Crippen molar-refractivity contribution >= 4 is 33.4 Å². The SMILES string of the molecule is CSc1ccc(-c2noc(C3CCN(S(=O)(=O)c4ccc(Cl)cc4)CC3)n2)cc1. The van der Waals surface area contributed by atoms with E-state index in [0.29, 0.717) is 42.7 Å². The lowest BCUT2D eigenvalue weighted by molar-refractivity contribution is 0.271. The van der Waals surface area contributed by atoms with Crippen molar-refractivity contribution in [3.63, 3.8) is 0 Å². The van der Waals surface area contributed by atoms with Crippen LogP contribution in [0, 0.1) is 0 Å². The summed E-state index contributed by atoms with van der Waals surface area (Å²) in [6.07, 6.45) is 3.31. The summed E-state index contributed by atoms with van der Waals surface area (Å²) in [7, 11) is -3.52. The molecule has 3 aromatic rings. The van der Waals surface area contributed by atoms with Gasteiger partial charge in [-0.3, -0.25) is 0 Å². The Labute approximate surface area is 179 Å². The number of halogens is 1. The average molecular weight is 450 g/mol. The largest absolute Gasteiger partial charge is 0.339 e. The highest BCUT2D eigenvalue weighted by Crippen LogP contribution is 2.31. The Morgan fingerprint density at radius 3 is 2.34 bits per heavy atom. The molecule has 0 spiro atoms. The van der Waals surface area contributed by atoms with Crippen LogP contribution in [0.1, 0.15) is 24.7 Å². The maximum Gasteiger partial charge on any atom is 0.243 e. The summed E-state index contributed by atoms with van der Waals surface area (Å²) >= 11 is 7.54. The predicted octanol–water partition coefficient (Wildman–Crippen LogP) is 4.68. The molecule has 0 saturated carbocycles. The van der Waals surface area contributed by atoms with Gasteiger partial charge in [0, 0.05) is 34.5 Å². The summed E-state index contributed by atoms with van der Waals surface area (Å²) in [6, 6.07) is 14.3. The van der Waals surface area contributed by atoms with E-state index in [1.807, 2.05) is 30.5 Å². The normalized spacial score (nSPS) is 16.2. The van der Waals surface area contributed by atoms with Gasteiger partial charge in [0.1, 0.15) is 0 Å². The third-order valence-electron chi connectivity index (χ3n) is 5.04. The Kier molecular flexibility index (Phi) is 5.96. The van der Waals surface area contributed by atoms with Gasteiger partial charge in [-0.2, -0.15) is 9.29 Å². The third kappa shape index (κ3) is 4.35. The van der Waals surface area contributed by atoms with Crippen LogP contribution in [0.5, 0.6) is 0 Å². The summed E-state index contributed by atoms with van der Waals surface area (Å²) in [5, 5.41) is 4.62. The zero-order valence-electron chi connectivity index (χ0n) is 15.8. The minimum Gasteiger partial charge on any atom is -0.339 e. The summed E-state index contributed by atoms with van der Waals surface area (Å²) in [5.41, 5.74) is 0.903. The Bertz CT molecular complexity index is 1070. The summed E-state index contributed by atoms with van der Waals surface area (Å²) in [5.74, 6) is 1.18. The van der Waals surface area contributed by atoms with Crippen LogP contribution in [0.2, 0.25) is 5.02 Å². The van der Waals surface area contributed by atoms with Gasteiger partial charge in [-0.15, -0.1) is 11.8 Å². The van der Waals surface area contributed by atoms with Crippen LogP contribution in [-0.2, 0) is 10.0 Å². The topological polar surface area (TPSA) is 76.3 Å². The number of hydrogen-bond acceptors (Lipinski definition) is 6. The van der Waals surface area contributed by atoms with Crippen LogP contribution < -0.4 is 0 Å². The van der Waals surface area contributed by atoms with Crippen molar-refractivity contribution in [3.05, 3.63) is 59.4 Å². The molecule has 1 saturated heterocycles. The highest BCUT2D eigenvalue weighted by atomic mass is 35.5. The molecule has 0 aliphatic carbocycles. The molecule has 1 aliphatic rings. The number of piperidine rings is 1. The third-order valence-corrected chi connectivity index (χ3v) is 7.95. The predicted molar refractivity (Wildman–Crippen MR) is 114 cm³/mol. The fourth-order valence-corrected chi connectivity index (χ4v) is 5.36. The van der Waals surface area contributed by atoms with Gasteiger partial charge < -0.3 is 4.52 Å². The molecule has 6 nitrogen and oxygen atoms in total. The molecule has 1 fully saturated rings. The molecule has 4 rings (SSSR count). The molecule has 29 heavy (non-hydrogen) atoms. The van der Waals surface area contributed by atoms with Crippen molar-refractivity contribution in [2.75, 3.05) is 19.3 Å². The lowest BCUT2D eigenvalue weighted by Gasteiger charge is -2.29. The lowest BCUT2D eigenvalue weighted by atomic mass is 9.98. The molecule has 0 radical (unpaired) electrons. The smallest absolute Gasteiger partial charge is 0.243 e. The Morgan fingerprint density at radius 2 is 1.72 bits per heavy atom. The first-order valence-corrected chi connectivity index (χ1v) is 12.3. The fourth-order valence-electron chi connectivity index (χ4n) is 3.36. The number of sulfonamides is 1. The van der Waals surface area contributed by atoms with Gasteiger partial charge in [0.25, 0.3) is 0 Å². The highest BCUT2D eigenvalue weighted by molar-refractivity contribution is 7.98. The molecule has 0 unspecified atom stereocenters. The molecule has 0 amide bonds. The van der Waals surface area contributed by atoms with Crippen molar-refractivity contribution in [3.8, 4) is 11.4 Å². The molecule has 9 heteroatoms. The highest BCUT2D eigenvalue weighted by Gasteiger charge is 2.32. The monoisotopic (exact) mass is 449 g/mol. The zero-order valence-corrected chi connectivity index (χ0v) is 18.2. The van der Waals surface area contributed by atoms with E-state index in [0.717, 1.165) is 5.56 Å². The second-order valence-electron chi connectivity index (χ2n) is 6.82. The van der Waals surface area contributed by atoms with Crippen molar-refractivity contribution < 1.29 is 12.9 Å². The number of benzene rings is 2. The first-order chi connectivity index (χ1) is 14.0. The maximum absolute atomic E-state index is 12.8. The molecule has 0 atom stereocenters. The Hall–Kier alpha value is -1.87. The molecule has 1 aliphatic heterocycles. The Morgan fingerprint density at radius 1 is 1.07 bits per heavy atom. The number of aromatic nitrogens is 2. The number of hydrogen-bond donors (Lipinski definition) is 0. The van der Waals surface area contributed by atoms with Crippen LogP contribution in [0.3, 0.4) is 0 Å². The van der Waals surface area contributed by atoms with Gasteiger partial charge in [0.2, 0.25) is 21.7 Å². The minimum absolute atomic E-state index is 0.0541. The van der Waals surface area contributed by atoms with Crippen LogP contribution in [0.25, 0.3) is 11.4 Å². The minimum atomic E-state index is -3.52. The van der Waals surface area contributed by atoms with E-state index in [-0.39, 0.29) is 10.8 Å². The molecule has 2 heterocycles. The Balaban J connectivity index is 1.43. The number of rotatable bonds is 5. The number of thioether (sulfide) groups is 1. The number of nitrogens with zero attached hydrogens (tertiary/aromatic N) is 3. The van der Waals surface area contributed by atoms with Crippen LogP contribution in [0.4, 0.5) is 0 Å². The van der Waals surface area contributed by atoms with Crippen LogP contribution in [0.15, 0.2) is 62.8 Å². The van der Waals surface area contributed by atoms with E-state index in [4.69, 9.17) is 16.1 Å². The van der Waals surface area contributed by atoms with Gasteiger partial charge in [-0.25, -0.2) is 8.42 Å². The molecule has 2 aromatic carbocycles. The van der Waals surface area contributed by atoms with E-state index < -0.39 is 10.0 Å². The maximum atomic E-state index is 12.8. The molecular formula is C20H20ClN3O3S2. The first kappa shape index (κ1) is 20.4. The molecule has 152 valence electrons. The average Bonchev–Trinajstić information content (AvgIpc) is 3.24. The summed E-state index contributed by atoms with van der Waals surface area (Å²) in [4.78, 5) is 5.98. The van der Waals surface area contributed by atoms with Crippen LogP contribution >= 0.6 is 23.4 Å². The fraction of sp³-hybridized carbons (Fsp3) is 0.300. The molecule has 0 bridgehead atoms. The standard InChI is InChI=1S/C20H20ClN3O3S2/c1-28-17-6-2-14(3-7-17)19-22-20(27-23-19)15-10-12-24(13-11-15)29(25,26)18-8-4-16(21)5-9-18/h2-9,15H,10-13H2,1H3. The molecular weight excluding hydrogens is 430 g/mol. The summed E-state index contributed by atoms with van der Waals surface area (Å²) in [6.45, 7) is 0.825. The van der Waals surface area contributed by atoms with Crippen molar-refractivity contribution in [2.24, 2.45) is 0 Å². The molecule has 1 aromatic heterocycles. The van der Waals surface area contributed by atoms with Gasteiger partial charge in [-0.1, -0.05) is 16.8 Å². The van der Waals surface area contributed by atoms with Gasteiger partial charge in [-0.05, 0) is 67.6 Å². The van der Waals surface area contributed by atoms with Crippen LogP contribution in [-0.4, -0.2) is 42.2 Å². The van der Waals surface area contributed by atoms with Gasteiger partial charge in [0.05, 0.1) is 4.90 Å². The second kappa shape index (κ2) is 8.47. The van der Waals surface area contributed by atoms with E-state index in [1.165, 1.54) is 21.3 Å². The van der Waals surface area contributed by atoms with E-state index >= 15 is 0 Å². The van der Waals surface area contributed by atoms with Crippen molar-refractivity contribution in [2.45, 2.75) is 28.6 Å². The van der Waals surface area contributed by atoms with Gasteiger partial charge >= 0.3 is 0 Å². The van der Waals surface area contributed by atoms with Gasteiger partial charge in [0.15, 0.2) is 0 Å². The summed E-state index contributed by atoms with van der Waals surface area (Å²) < 4.78 is 32.6. The zero-order chi connectivity index (χ0) is 20.4. The quantitative estimate of drug-likeness (QED) is 0.526. The first-order valence-electron chi connectivity index (χ1n) is 9.21. The van der Waals surface area contributed by atoms with Crippen molar-refractivity contribution in [1.29, 1.82) is 0 Å². The molecule has 0 N–H and O–H groups in total. The lowest BCUT2D eigenvalue weighted by Crippen LogP contribution is -2.37. The van der Waals surface area contributed by atoms with E-state index in [1.54, 1.807) is 23.9 Å². The van der Waals surface area contributed by atoms with Crippen molar-refractivity contribution in [1.82, 2.24) is 14.4 Å². The van der Waals surface area contributed by atoms with E-state index in [2.05, 4.69) is 10.1 Å². The second-order valence-corrected chi connectivity index (χ2v) is 10.1.